The average molecular weight is 314 g/mol. The minimum atomic E-state index is 0.363. The third-order valence-corrected chi connectivity index (χ3v) is 3.96. The van der Waals surface area contributed by atoms with Gasteiger partial charge in [-0.3, -0.25) is 15.0 Å². The Morgan fingerprint density at radius 3 is 2.43 bits per heavy atom. The van der Waals surface area contributed by atoms with Crippen LogP contribution < -0.4 is 0 Å². The maximum Gasteiger partial charge on any atom is 0.150 e. The lowest BCUT2D eigenvalue weighted by molar-refractivity contribution is 0.216. The van der Waals surface area contributed by atoms with Gasteiger partial charge in [0.1, 0.15) is 11.5 Å². The number of aromatic nitrogens is 2. The lowest BCUT2D eigenvalue weighted by Crippen LogP contribution is -2.30. The molecule has 0 aromatic carbocycles. The van der Waals surface area contributed by atoms with Gasteiger partial charge in [-0.25, -0.2) is 0 Å². The molecular weight excluding hydrogens is 286 g/mol. The molecule has 0 atom stereocenters. The lowest BCUT2D eigenvalue weighted by Gasteiger charge is -2.24. The molecule has 0 saturated heterocycles. The van der Waals surface area contributed by atoms with E-state index in [1.807, 2.05) is 32.6 Å². The summed E-state index contributed by atoms with van der Waals surface area (Å²) in [6.45, 7) is 11.1. The van der Waals surface area contributed by atoms with Gasteiger partial charge in [0.05, 0.1) is 10.7 Å². The number of halogens is 1. The number of rotatable bonds is 2. The van der Waals surface area contributed by atoms with Crippen LogP contribution in [0.4, 0.5) is 0 Å². The summed E-state index contributed by atoms with van der Waals surface area (Å²) < 4.78 is 1.97. The van der Waals surface area contributed by atoms with E-state index in [1.165, 1.54) is 0 Å². The van der Waals surface area contributed by atoms with E-state index in [0.29, 0.717) is 22.6 Å². The van der Waals surface area contributed by atoms with Crippen molar-refractivity contribution in [2.45, 2.75) is 53.2 Å². The molecule has 2 heterocycles. The van der Waals surface area contributed by atoms with Crippen molar-refractivity contribution in [3.05, 3.63) is 16.4 Å². The van der Waals surface area contributed by atoms with E-state index in [0.717, 1.165) is 31.7 Å². The first kappa shape index (κ1) is 18.0. The molecule has 0 bridgehead atoms. The van der Waals surface area contributed by atoms with Gasteiger partial charge in [-0.1, -0.05) is 25.4 Å². The summed E-state index contributed by atoms with van der Waals surface area (Å²) in [5, 5.41) is 13.2. The Morgan fingerprint density at radius 2 is 1.90 bits per heavy atom. The number of hydrogen-bond donors (Lipinski definition) is 1. The van der Waals surface area contributed by atoms with E-state index in [9.17, 15) is 0 Å². The fraction of sp³-hybridized carbons (Fsp3) is 0.733. The molecule has 21 heavy (non-hydrogen) atoms. The first-order chi connectivity index (χ1) is 9.91. The van der Waals surface area contributed by atoms with E-state index in [4.69, 9.17) is 17.0 Å². The summed E-state index contributed by atoms with van der Waals surface area (Å²) >= 11 is 6.45. The van der Waals surface area contributed by atoms with Gasteiger partial charge in [-0.05, 0) is 20.3 Å². The Hall–Kier alpha value is -1.07. The standard InChI is InChI=1S/C13H22ClN5.C2H6/c1-9(2)18-6-5-7-19-10(8-18)11(14)12(16-19)13(15)17(3)4;1-2/h9,15H,5-8H2,1-4H3;1-2H3. The van der Waals surface area contributed by atoms with Crippen molar-refractivity contribution in [3.8, 4) is 0 Å². The Balaban J connectivity index is 0.00000106. The molecule has 1 aromatic rings. The van der Waals surface area contributed by atoms with E-state index in [-0.39, 0.29) is 0 Å². The normalized spacial score (nSPS) is 15.0. The van der Waals surface area contributed by atoms with Gasteiger partial charge in [0.25, 0.3) is 0 Å². The highest BCUT2D eigenvalue weighted by Crippen LogP contribution is 2.26. The van der Waals surface area contributed by atoms with E-state index >= 15 is 0 Å². The maximum absolute atomic E-state index is 8.05. The SMILES string of the molecule is CC.CC(C)N1CCCn2nc(C(=N)N(C)C)c(Cl)c2C1. The number of nitrogens with one attached hydrogen (secondary N) is 1. The molecule has 1 aromatic heterocycles. The van der Waals surface area contributed by atoms with Crippen LogP contribution in [-0.4, -0.2) is 52.1 Å². The third-order valence-electron chi connectivity index (χ3n) is 3.56. The number of amidine groups is 1. The Kier molecular flexibility index (Phi) is 6.68. The van der Waals surface area contributed by atoms with Crippen molar-refractivity contribution < 1.29 is 0 Å². The molecule has 0 unspecified atom stereocenters. The molecular formula is C15H28ClN5. The number of fused-ring (bicyclic) bond motifs is 1. The summed E-state index contributed by atoms with van der Waals surface area (Å²) in [6, 6.07) is 0.495. The second kappa shape index (κ2) is 7.80. The van der Waals surface area contributed by atoms with Gasteiger partial charge in [-0.15, -0.1) is 0 Å². The molecule has 0 fully saturated rings. The molecule has 120 valence electrons. The zero-order valence-electron chi connectivity index (χ0n) is 14.1. The monoisotopic (exact) mass is 313 g/mol. The quantitative estimate of drug-likeness (QED) is 0.674. The minimum Gasteiger partial charge on any atom is -0.361 e. The molecule has 6 heteroatoms. The smallest absolute Gasteiger partial charge is 0.150 e. The zero-order chi connectivity index (χ0) is 16.2. The Labute approximate surface area is 133 Å². The highest BCUT2D eigenvalue weighted by molar-refractivity contribution is 6.34. The summed E-state index contributed by atoms with van der Waals surface area (Å²) in [5.41, 5.74) is 1.63. The largest absolute Gasteiger partial charge is 0.361 e. The van der Waals surface area contributed by atoms with E-state index < -0.39 is 0 Å². The lowest BCUT2D eigenvalue weighted by atomic mass is 10.2. The van der Waals surface area contributed by atoms with Crippen molar-refractivity contribution in [2.24, 2.45) is 0 Å². The minimum absolute atomic E-state index is 0.363. The Bertz CT molecular complexity index is 479. The Morgan fingerprint density at radius 1 is 1.29 bits per heavy atom. The van der Waals surface area contributed by atoms with Crippen LogP contribution in [0.2, 0.25) is 5.02 Å². The second-order valence-electron chi connectivity index (χ2n) is 5.49. The molecule has 2 rings (SSSR count). The van der Waals surface area contributed by atoms with Crippen LogP contribution in [0.5, 0.6) is 0 Å². The maximum atomic E-state index is 8.05. The molecule has 1 aliphatic rings. The second-order valence-corrected chi connectivity index (χ2v) is 5.87. The van der Waals surface area contributed by atoms with Gasteiger partial charge >= 0.3 is 0 Å². The molecule has 0 saturated carbocycles. The first-order valence-corrected chi connectivity index (χ1v) is 8.05. The van der Waals surface area contributed by atoms with Crippen LogP contribution in [0, 0.1) is 5.41 Å². The van der Waals surface area contributed by atoms with Gasteiger partial charge in [0.15, 0.2) is 0 Å². The fourth-order valence-electron chi connectivity index (χ4n) is 2.31. The topological polar surface area (TPSA) is 48.2 Å². The summed E-state index contributed by atoms with van der Waals surface area (Å²) in [4.78, 5) is 4.13. The highest BCUT2D eigenvalue weighted by atomic mass is 35.5. The van der Waals surface area contributed by atoms with E-state index in [2.05, 4.69) is 23.8 Å². The number of hydrogen-bond acceptors (Lipinski definition) is 3. The van der Waals surface area contributed by atoms with Crippen LogP contribution in [0.1, 0.15) is 45.5 Å². The molecule has 1 N–H and O–H groups in total. The molecule has 0 aliphatic carbocycles. The van der Waals surface area contributed by atoms with Gasteiger partial charge in [0.2, 0.25) is 0 Å². The van der Waals surface area contributed by atoms with Crippen molar-refractivity contribution >= 4 is 17.4 Å². The van der Waals surface area contributed by atoms with Crippen LogP contribution in [0.25, 0.3) is 0 Å². The first-order valence-electron chi connectivity index (χ1n) is 7.67. The molecule has 0 amide bonds. The van der Waals surface area contributed by atoms with Crippen LogP contribution in [-0.2, 0) is 13.1 Å². The van der Waals surface area contributed by atoms with Gasteiger partial charge in [-0.2, -0.15) is 5.10 Å². The van der Waals surface area contributed by atoms with Crippen molar-refractivity contribution in [2.75, 3.05) is 20.6 Å². The fourth-order valence-corrected chi connectivity index (χ4v) is 2.59. The predicted molar refractivity (Wildman–Crippen MR) is 89.3 cm³/mol. The van der Waals surface area contributed by atoms with Crippen molar-refractivity contribution in [1.82, 2.24) is 19.6 Å². The number of aryl methyl sites for hydroxylation is 1. The van der Waals surface area contributed by atoms with Crippen LogP contribution in [0.15, 0.2) is 0 Å². The van der Waals surface area contributed by atoms with Crippen molar-refractivity contribution in [1.29, 1.82) is 5.41 Å². The highest BCUT2D eigenvalue weighted by Gasteiger charge is 2.25. The summed E-state index contributed by atoms with van der Waals surface area (Å²) in [6.07, 6.45) is 1.07. The third kappa shape index (κ3) is 3.98. The van der Waals surface area contributed by atoms with Gasteiger partial charge < -0.3 is 4.90 Å². The molecule has 1 aliphatic heterocycles. The number of nitrogens with zero attached hydrogens (tertiary/aromatic N) is 4. The van der Waals surface area contributed by atoms with Crippen LogP contribution >= 0.6 is 11.6 Å². The summed E-state index contributed by atoms with van der Waals surface area (Å²) in [7, 11) is 3.67. The molecule has 0 radical (unpaired) electrons. The molecule has 0 spiro atoms. The predicted octanol–water partition coefficient (Wildman–Crippen LogP) is 3.06. The average Bonchev–Trinajstić information content (AvgIpc) is 2.65. The van der Waals surface area contributed by atoms with E-state index in [1.54, 1.807) is 4.90 Å². The van der Waals surface area contributed by atoms with Gasteiger partial charge in [0, 0.05) is 39.8 Å². The van der Waals surface area contributed by atoms with Crippen LogP contribution in [0.3, 0.4) is 0 Å². The van der Waals surface area contributed by atoms with Crippen molar-refractivity contribution in [3.63, 3.8) is 0 Å². The molecule has 5 nitrogen and oxygen atoms in total. The zero-order valence-corrected chi connectivity index (χ0v) is 14.8. The summed E-state index contributed by atoms with van der Waals surface area (Å²) in [5.74, 6) is 0.363.